The van der Waals surface area contributed by atoms with E-state index < -0.39 is 6.29 Å². The molecule has 1 aliphatic rings. The second kappa shape index (κ2) is 12.7. The number of rotatable bonds is 11. The fourth-order valence-electron chi connectivity index (χ4n) is 3.53. The number of unbranched alkanes of at least 4 members (excludes halogenated alkanes) is 2. The Bertz CT molecular complexity index is 957. The lowest BCUT2D eigenvalue weighted by atomic mass is 10.0. The topological polar surface area (TPSA) is 89.4 Å². The summed E-state index contributed by atoms with van der Waals surface area (Å²) in [6.07, 6.45) is 5.32. The van der Waals surface area contributed by atoms with Gasteiger partial charge in [-0.3, -0.25) is 9.59 Å². The van der Waals surface area contributed by atoms with Gasteiger partial charge in [0.05, 0.1) is 13.1 Å². The summed E-state index contributed by atoms with van der Waals surface area (Å²) in [6, 6.07) is 12.9. The zero-order valence-electron chi connectivity index (χ0n) is 19.5. The van der Waals surface area contributed by atoms with Gasteiger partial charge in [-0.2, -0.15) is 10.2 Å². The predicted molar refractivity (Wildman–Crippen MR) is 128 cm³/mol. The highest BCUT2D eigenvalue weighted by Gasteiger charge is 2.23. The second-order valence-corrected chi connectivity index (χ2v) is 8.17. The number of azo groups is 1. The van der Waals surface area contributed by atoms with E-state index in [9.17, 15) is 9.59 Å². The van der Waals surface area contributed by atoms with E-state index in [2.05, 4.69) is 22.5 Å². The third-order valence-electron chi connectivity index (χ3n) is 5.37. The highest BCUT2D eigenvalue weighted by atomic mass is 16.7. The van der Waals surface area contributed by atoms with Crippen LogP contribution in [0.1, 0.15) is 73.9 Å². The molecule has 1 amide bonds. The second-order valence-electron chi connectivity index (χ2n) is 8.17. The lowest BCUT2D eigenvalue weighted by Crippen LogP contribution is -2.28. The molecule has 176 valence electrons. The van der Waals surface area contributed by atoms with Crippen molar-refractivity contribution in [2.45, 2.75) is 71.6 Å². The Morgan fingerprint density at radius 3 is 2.64 bits per heavy atom. The molecule has 0 aliphatic carbocycles. The third-order valence-corrected chi connectivity index (χ3v) is 5.37. The van der Waals surface area contributed by atoms with Gasteiger partial charge >= 0.3 is 5.97 Å². The summed E-state index contributed by atoms with van der Waals surface area (Å²) in [5.41, 5.74) is 3.28. The molecule has 0 saturated carbocycles. The van der Waals surface area contributed by atoms with Crippen molar-refractivity contribution in [3.8, 4) is 5.75 Å². The third kappa shape index (κ3) is 7.70. The molecule has 1 N–H and O–H groups in total. The number of fused-ring (bicyclic) bond motifs is 1. The van der Waals surface area contributed by atoms with E-state index in [0.29, 0.717) is 42.8 Å². The van der Waals surface area contributed by atoms with E-state index in [1.165, 1.54) is 12.8 Å². The van der Waals surface area contributed by atoms with Crippen molar-refractivity contribution in [3.63, 3.8) is 0 Å². The number of hydrogen-bond acceptors (Lipinski definition) is 6. The maximum atomic E-state index is 12.6. The first-order valence-electron chi connectivity index (χ1n) is 11.8. The molecule has 0 radical (unpaired) electrons. The SMILES string of the molecule is CCCCCN=NCc1ccc(C(=O)Nc2ccc3c(c2)CCC(OC(=O)CCC)O3)cc1. The van der Waals surface area contributed by atoms with Crippen LogP contribution < -0.4 is 10.1 Å². The van der Waals surface area contributed by atoms with E-state index in [1.807, 2.05) is 25.1 Å². The Balaban J connectivity index is 1.51. The van der Waals surface area contributed by atoms with Crippen LogP contribution in [-0.4, -0.2) is 24.7 Å². The minimum absolute atomic E-state index is 0.175. The van der Waals surface area contributed by atoms with Crippen molar-refractivity contribution in [3.05, 3.63) is 59.2 Å². The fourth-order valence-corrected chi connectivity index (χ4v) is 3.53. The molecule has 2 aromatic carbocycles. The van der Waals surface area contributed by atoms with E-state index in [0.717, 1.165) is 30.5 Å². The molecule has 1 aliphatic heterocycles. The molecular weight excluding hydrogens is 418 g/mol. The number of amides is 1. The standard InChI is InChI=1S/C26H33N3O4/c1-3-5-6-16-27-28-18-19-8-10-20(11-9-19)26(31)29-22-13-14-23-21(17-22)12-15-25(32-23)33-24(30)7-4-2/h8-11,13-14,17,25H,3-7,12,15-16,18H2,1-2H3,(H,29,31). The minimum Gasteiger partial charge on any atom is -0.454 e. The van der Waals surface area contributed by atoms with Crippen molar-refractivity contribution in [2.24, 2.45) is 10.2 Å². The van der Waals surface area contributed by atoms with Crippen LogP contribution in [0, 0.1) is 0 Å². The number of esters is 1. The molecule has 2 aromatic rings. The van der Waals surface area contributed by atoms with Crippen LogP contribution in [0.3, 0.4) is 0 Å². The molecule has 0 saturated heterocycles. The first-order valence-corrected chi connectivity index (χ1v) is 11.8. The molecule has 1 atom stereocenters. The van der Waals surface area contributed by atoms with Crippen molar-refractivity contribution < 1.29 is 19.1 Å². The number of carbonyl (C=O) groups is 2. The van der Waals surface area contributed by atoms with Crippen LogP contribution in [0.4, 0.5) is 5.69 Å². The summed E-state index contributed by atoms with van der Waals surface area (Å²) in [5, 5.41) is 11.3. The molecule has 33 heavy (non-hydrogen) atoms. The van der Waals surface area contributed by atoms with E-state index in [-0.39, 0.29) is 11.9 Å². The zero-order chi connectivity index (χ0) is 23.5. The lowest BCUT2D eigenvalue weighted by molar-refractivity contribution is -0.165. The van der Waals surface area contributed by atoms with Gasteiger partial charge in [-0.15, -0.1) is 0 Å². The number of nitrogens with one attached hydrogen (secondary N) is 1. The number of nitrogens with zero attached hydrogens (tertiary/aromatic N) is 2. The predicted octanol–water partition coefficient (Wildman–Crippen LogP) is 6.08. The van der Waals surface area contributed by atoms with Gasteiger partial charge in [-0.1, -0.05) is 38.8 Å². The van der Waals surface area contributed by atoms with Crippen LogP contribution in [-0.2, 0) is 22.5 Å². The summed E-state index contributed by atoms with van der Waals surface area (Å²) in [7, 11) is 0. The smallest absolute Gasteiger partial charge is 0.308 e. The van der Waals surface area contributed by atoms with Gasteiger partial charge in [0, 0.05) is 24.1 Å². The van der Waals surface area contributed by atoms with Gasteiger partial charge in [0.1, 0.15) is 5.75 Å². The Hall–Kier alpha value is -3.22. The van der Waals surface area contributed by atoms with Gasteiger partial charge in [-0.25, -0.2) is 0 Å². The van der Waals surface area contributed by atoms with Gasteiger partial charge in [0.2, 0.25) is 6.29 Å². The van der Waals surface area contributed by atoms with Gasteiger partial charge in [-0.05, 0) is 60.7 Å². The number of hydrogen-bond donors (Lipinski definition) is 1. The Kier molecular flexibility index (Phi) is 9.42. The van der Waals surface area contributed by atoms with Crippen LogP contribution >= 0.6 is 0 Å². The monoisotopic (exact) mass is 451 g/mol. The number of benzene rings is 2. The highest BCUT2D eigenvalue weighted by molar-refractivity contribution is 6.04. The van der Waals surface area contributed by atoms with Crippen molar-refractivity contribution in [1.82, 2.24) is 0 Å². The number of anilines is 1. The molecule has 0 fully saturated rings. The van der Waals surface area contributed by atoms with Crippen molar-refractivity contribution in [1.29, 1.82) is 0 Å². The summed E-state index contributed by atoms with van der Waals surface area (Å²) >= 11 is 0. The average Bonchev–Trinajstić information content (AvgIpc) is 2.82. The summed E-state index contributed by atoms with van der Waals surface area (Å²) in [6.45, 7) is 5.39. The molecule has 0 aromatic heterocycles. The van der Waals surface area contributed by atoms with Gasteiger partial charge in [0.25, 0.3) is 5.91 Å². The molecule has 0 bridgehead atoms. The quantitative estimate of drug-likeness (QED) is 0.255. The maximum Gasteiger partial charge on any atom is 0.308 e. The van der Waals surface area contributed by atoms with E-state index >= 15 is 0 Å². The maximum absolute atomic E-state index is 12.6. The van der Waals surface area contributed by atoms with E-state index in [1.54, 1.807) is 24.3 Å². The lowest BCUT2D eigenvalue weighted by Gasteiger charge is -2.26. The Morgan fingerprint density at radius 1 is 1.06 bits per heavy atom. The average molecular weight is 452 g/mol. The summed E-state index contributed by atoms with van der Waals surface area (Å²) in [5.74, 6) is 0.267. The largest absolute Gasteiger partial charge is 0.454 e. The van der Waals surface area contributed by atoms with Crippen LogP contribution in [0.25, 0.3) is 0 Å². The van der Waals surface area contributed by atoms with Crippen molar-refractivity contribution >= 4 is 17.6 Å². The first kappa shape index (κ1) is 24.4. The zero-order valence-corrected chi connectivity index (χ0v) is 19.5. The number of ether oxygens (including phenoxy) is 2. The number of carbonyl (C=O) groups excluding carboxylic acids is 2. The van der Waals surface area contributed by atoms with Gasteiger partial charge < -0.3 is 14.8 Å². The van der Waals surface area contributed by atoms with Crippen LogP contribution in [0.15, 0.2) is 52.7 Å². The normalized spacial score (nSPS) is 15.0. The number of aryl methyl sites for hydroxylation is 1. The van der Waals surface area contributed by atoms with E-state index in [4.69, 9.17) is 9.47 Å². The Morgan fingerprint density at radius 2 is 1.88 bits per heavy atom. The summed E-state index contributed by atoms with van der Waals surface area (Å²) in [4.78, 5) is 24.3. The molecule has 7 heteroatoms. The molecule has 3 rings (SSSR count). The van der Waals surface area contributed by atoms with Crippen LogP contribution in [0.5, 0.6) is 5.75 Å². The molecule has 7 nitrogen and oxygen atoms in total. The Labute approximate surface area is 195 Å². The highest BCUT2D eigenvalue weighted by Crippen LogP contribution is 2.31. The fraction of sp³-hybridized carbons (Fsp3) is 0.462. The molecule has 1 heterocycles. The molecule has 1 unspecified atom stereocenters. The molecular formula is C26H33N3O4. The molecule has 0 spiro atoms. The van der Waals surface area contributed by atoms with Crippen molar-refractivity contribution in [2.75, 3.05) is 11.9 Å². The van der Waals surface area contributed by atoms with Crippen LogP contribution in [0.2, 0.25) is 0 Å². The minimum atomic E-state index is -0.550. The summed E-state index contributed by atoms with van der Waals surface area (Å²) < 4.78 is 11.1. The first-order chi connectivity index (χ1) is 16.1. The van der Waals surface area contributed by atoms with Gasteiger partial charge in [0.15, 0.2) is 0 Å².